The highest BCUT2D eigenvalue weighted by molar-refractivity contribution is 5.27. The molecule has 0 heterocycles. The van der Waals surface area contributed by atoms with E-state index in [2.05, 4.69) is 74.5 Å². The Labute approximate surface area is 357 Å². The second kappa shape index (κ2) is 17.8. The Morgan fingerprint density at radius 2 is 1.03 bits per heavy atom. The molecule has 0 saturated heterocycles. The van der Waals surface area contributed by atoms with Crippen LogP contribution in [-0.4, -0.2) is 45.3 Å². The lowest BCUT2D eigenvalue weighted by Crippen LogP contribution is -2.50. The van der Waals surface area contributed by atoms with Gasteiger partial charge in [0, 0.05) is 6.61 Å². The summed E-state index contributed by atoms with van der Waals surface area (Å²) < 4.78 is 0. The van der Waals surface area contributed by atoms with Crippen LogP contribution in [0.3, 0.4) is 0 Å². The molecule has 8 aliphatic rings. The molecule has 8 rings (SSSR count). The largest absolute Gasteiger partial charge is 0.396 e. The molecule has 0 bridgehead atoms. The summed E-state index contributed by atoms with van der Waals surface area (Å²) in [6, 6.07) is 0. The van der Waals surface area contributed by atoms with Crippen molar-refractivity contribution in [1.29, 1.82) is 0 Å². The molecule has 6 saturated carbocycles. The van der Waals surface area contributed by atoms with Gasteiger partial charge in [-0.3, -0.25) is 0 Å². The van der Waals surface area contributed by atoms with Gasteiger partial charge in [-0.05, 0) is 215 Å². The van der Waals surface area contributed by atoms with E-state index in [1.54, 1.807) is 11.1 Å². The van der Waals surface area contributed by atoms with Crippen LogP contribution in [-0.2, 0) is 0 Å². The lowest BCUT2D eigenvalue weighted by Gasteiger charge is -2.58. The van der Waals surface area contributed by atoms with Crippen LogP contribution >= 0.6 is 0 Å². The van der Waals surface area contributed by atoms with Crippen LogP contribution in [0.5, 0.6) is 0 Å². The molecule has 0 aromatic rings. The van der Waals surface area contributed by atoms with Crippen molar-refractivity contribution in [2.75, 3.05) is 6.61 Å². The summed E-state index contributed by atoms with van der Waals surface area (Å²) in [6.07, 6.45) is 30.9. The number of aliphatic hydroxyl groups excluding tert-OH is 4. The lowest BCUT2D eigenvalue weighted by atomic mass is 9.47. The van der Waals surface area contributed by atoms with Gasteiger partial charge < -0.3 is 20.4 Å². The average Bonchev–Trinajstić information content (AvgIpc) is 3.74. The number of rotatable bonds is 11. The van der Waals surface area contributed by atoms with Crippen molar-refractivity contribution < 1.29 is 20.4 Å². The number of hydrogen-bond acceptors (Lipinski definition) is 4. The van der Waals surface area contributed by atoms with Gasteiger partial charge in [-0.25, -0.2) is 0 Å². The van der Waals surface area contributed by atoms with Crippen molar-refractivity contribution in [3.05, 3.63) is 23.3 Å². The minimum Gasteiger partial charge on any atom is -0.396 e. The van der Waals surface area contributed by atoms with E-state index >= 15 is 0 Å². The van der Waals surface area contributed by atoms with Gasteiger partial charge in [-0.1, -0.05) is 98.5 Å². The molecule has 0 radical (unpaired) electrons. The molecule has 4 nitrogen and oxygen atoms in total. The zero-order chi connectivity index (χ0) is 41.8. The predicted octanol–water partition coefficient (Wildman–Crippen LogP) is 12.7. The van der Waals surface area contributed by atoms with E-state index in [0.29, 0.717) is 40.1 Å². The van der Waals surface area contributed by atoms with Crippen molar-refractivity contribution in [3.8, 4) is 0 Å². The topological polar surface area (TPSA) is 80.9 Å². The van der Waals surface area contributed by atoms with Crippen LogP contribution in [0.1, 0.15) is 197 Å². The Hall–Kier alpha value is -0.680. The van der Waals surface area contributed by atoms with Crippen molar-refractivity contribution in [2.24, 2.45) is 92.7 Å². The zero-order valence-corrected chi connectivity index (χ0v) is 39.2. The maximum Gasteiger partial charge on any atom is 0.0577 e. The highest BCUT2D eigenvalue weighted by atomic mass is 16.3. The van der Waals surface area contributed by atoms with E-state index in [1.807, 2.05) is 0 Å². The first-order valence-corrected chi connectivity index (χ1v) is 25.5. The summed E-state index contributed by atoms with van der Waals surface area (Å²) in [6.45, 7) is 22.2. The van der Waals surface area contributed by atoms with Crippen LogP contribution in [0.4, 0.5) is 0 Å². The van der Waals surface area contributed by atoms with Gasteiger partial charge >= 0.3 is 0 Å². The molecule has 4 heteroatoms. The van der Waals surface area contributed by atoms with Crippen LogP contribution in [0.25, 0.3) is 0 Å². The quantitative estimate of drug-likeness (QED) is 0.157. The Kier molecular flexibility index (Phi) is 13.9. The van der Waals surface area contributed by atoms with E-state index in [0.717, 1.165) is 91.3 Å². The van der Waals surface area contributed by atoms with Gasteiger partial charge in [0.2, 0.25) is 0 Å². The summed E-state index contributed by atoms with van der Waals surface area (Å²) in [4.78, 5) is 0. The van der Waals surface area contributed by atoms with Gasteiger partial charge in [0.25, 0.3) is 0 Å². The van der Waals surface area contributed by atoms with Crippen LogP contribution in [0, 0.1) is 92.7 Å². The smallest absolute Gasteiger partial charge is 0.0577 e. The summed E-state index contributed by atoms with van der Waals surface area (Å²) in [7, 11) is 0. The standard InChI is InChI=1S/2C27H46O2/c1-17(2)25(29)11-6-18(3)22-9-10-23-21-8-7-19-16-20(28)12-14-26(19,4)24(21)13-15-27(22,23)5;1-18(17-28)6-5-7-19(2)23-10-11-24-22-9-8-20-16-21(29)12-14-26(20,3)25(22)13-15-27(23,24)4/h7,17-18,20-25,28-29H,6,8-16H2,1-5H3;8,18-19,21-25,28-29H,5-7,9-17H2,1-4H3/t18-,20+,21+,22-,23+,24+,25+,26+,27-;18-,19-,21+,22+,23-,24+,25+,26+,27-/m11/s1. The number of fused-ring (bicyclic) bond motifs is 10. The van der Waals surface area contributed by atoms with E-state index in [1.165, 1.54) is 103 Å². The minimum atomic E-state index is -0.137. The molecular formula is C54H92O4. The number of aliphatic hydroxyl groups is 4. The summed E-state index contributed by atoms with van der Waals surface area (Å²) in [5.74, 6) is 9.33. The van der Waals surface area contributed by atoms with Gasteiger partial charge in [-0.2, -0.15) is 0 Å². The zero-order valence-electron chi connectivity index (χ0n) is 39.2. The molecule has 18 atom stereocenters. The first-order chi connectivity index (χ1) is 27.5. The molecule has 8 aliphatic carbocycles. The maximum absolute atomic E-state index is 10.3. The molecular weight excluding hydrogens is 713 g/mol. The van der Waals surface area contributed by atoms with Gasteiger partial charge in [0.1, 0.15) is 0 Å². The van der Waals surface area contributed by atoms with E-state index in [-0.39, 0.29) is 18.3 Å². The fourth-order valence-electron chi connectivity index (χ4n) is 17.3. The second-order valence-corrected chi connectivity index (χ2v) is 24.3. The van der Waals surface area contributed by atoms with Gasteiger partial charge in [0.15, 0.2) is 0 Å². The number of hydrogen-bond donors (Lipinski definition) is 4. The van der Waals surface area contributed by atoms with Crippen molar-refractivity contribution in [2.45, 2.75) is 215 Å². The van der Waals surface area contributed by atoms with Crippen LogP contribution in [0.2, 0.25) is 0 Å². The lowest BCUT2D eigenvalue weighted by molar-refractivity contribution is -0.0579. The number of allylic oxidation sites excluding steroid dienone is 2. The van der Waals surface area contributed by atoms with Crippen LogP contribution < -0.4 is 0 Å². The minimum absolute atomic E-state index is 0.0926. The fraction of sp³-hybridized carbons (Fsp3) is 0.926. The third-order valence-corrected chi connectivity index (χ3v) is 21.0. The van der Waals surface area contributed by atoms with Gasteiger partial charge in [-0.15, -0.1) is 0 Å². The highest BCUT2D eigenvalue weighted by Crippen LogP contribution is 2.69. The first-order valence-electron chi connectivity index (χ1n) is 25.5. The Morgan fingerprint density at radius 3 is 1.48 bits per heavy atom. The molecule has 332 valence electrons. The summed E-state index contributed by atoms with van der Waals surface area (Å²) in [5.41, 5.74) is 4.95. The average molecular weight is 805 g/mol. The SMILES string of the molecule is CC(C)[C@@H](O)CC[C@@H](C)[C@H]1CC[C@H]2[C@@H]3CC=C4C[C@@H](O)CC[C@]4(C)[C@H]3CC[C@]12C.C[C@@H](CO)CCC[C@@H](C)[C@H]1CC[C@H]2[C@@H]3CC=C4C[C@@H](O)CC[C@]4(C)[C@H]3CC[C@]12C. The maximum atomic E-state index is 10.3. The molecule has 0 amide bonds. The molecule has 4 N–H and O–H groups in total. The van der Waals surface area contributed by atoms with Crippen molar-refractivity contribution >= 4 is 0 Å². The summed E-state index contributed by atoms with van der Waals surface area (Å²) >= 11 is 0. The molecule has 0 aromatic heterocycles. The molecule has 6 fully saturated rings. The van der Waals surface area contributed by atoms with Crippen molar-refractivity contribution in [1.82, 2.24) is 0 Å². The Balaban J connectivity index is 0.000000177. The summed E-state index contributed by atoms with van der Waals surface area (Å²) in [5, 5.41) is 40.0. The molecule has 58 heavy (non-hydrogen) atoms. The van der Waals surface area contributed by atoms with Crippen LogP contribution in [0.15, 0.2) is 23.3 Å². The Bertz CT molecular complexity index is 1450. The third kappa shape index (κ3) is 8.29. The van der Waals surface area contributed by atoms with E-state index in [9.17, 15) is 20.4 Å². The normalized spacial score (nSPS) is 46.4. The fourth-order valence-corrected chi connectivity index (χ4v) is 17.3. The molecule has 0 aromatic carbocycles. The Morgan fingerprint density at radius 1 is 0.569 bits per heavy atom. The third-order valence-electron chi connectivity index (χ3n) is 21.0. The highest BCUT2D eigenvalue weighted by Gasteiger charge is 2.60. The predicted molar refractivity (Wildman–Crippen MR) is 241 cm³/mol. The van der Waals surface area contributed by atoms with E-state index < -0.39 is 0 Å². The molecule has 0 unspecified atom stereocenters. The van der Waals surface area contributed by atoms with Crippen molar-refractivity contribution in [3.63, 3.8) is 0 Å². The molecule has 0 spiro atoms. The first kappa shape index (κ1) is 45.3. The second-order valence-electron chi connectivity index (χ2n) is 24.3. The van der Waals surface area contributed by atoms with Gasteiger partial charge in [0.05, 0.1) is 18.3 Å². The monoisotopic (exact) mass is 805 g/mol. The molecule has 0 aliphatic heterocycles. The van der Waals surface area contributed by atoms with E-state index in [4.69, 9.17) is 0 Å².